The monoisotopic (exact) mass is 331 g/mol. The van der Waals surface area contributed by atoms with Gasteiger partial charge in [-0.3, -0.25) is 4.79 Å². The van der Waals surface area contributed by atoms with Crippen LogP contribution in [0, 0.1) is 6.92 Å². The molecular formula is C18H26BNO4. The molecule has 24 heavy (non-hydrogen) atoms. The molecule has 0 atom stereocenters. The number of hydrogen-bond donors (Lipinski definition) is 0. The van der Waals surface area contributed by atoms with Crippen LogP contribution < -0.4 is 5.46 Å². The maximum atomic E-state index is 12.8. The summed E-state index contributed by atoms with van der Waals surface area (Å²) in [7, 11) is -0.451. The van der Waals surface area contributed by atoms with Crippen LogP contribution in [0.2, 0.25) is 0 Å². The molecule has 2 aliphatic rings. The van der Waals surface area contributed by atoms with E-state index in [9.17, 15) is 4.79 Å². The number of benzene rings is 1. The minimum atomic E-state index is -0.451. The number of amides is 1. The Morgan fingerprint density at radius 2 is 1.67 bits per heavy atom. The Hall–Kier alpha value is -1.37. The summed E-state index contributed by atoms with van der Waals surface area (Å²) >= 11 is 0. The summed E-state index contributed by atoms with van der Waals surface area (Å²) in [5.41, 5.74) is 1.77. The van der Waals surface area contributed by atoms with Gasteiger partial charge in [0.25, 0.3) is 5.91 Å². The minimum Gasteiger partial charge on any atom is -0.399 e. The van der Waals surface area contributed by atoms with E-state index in [1.165, 1.54) is 0 Å². The molecule has 0 saturated carbocycles. The van der Waals surface area contributed by atoms with Crippen LogP contribution >= 0.6 is 0 Å². The van der Waals surface area contributed by atoms with Gasteiger partial charge in [-0.2, -0.15) is 0 Å². The van der Waals surface area contributed by atoms with Crippen molar-refractivity contribution < 1.29 is 18.8 Å². The number of hydrogen-bond acceptors (Lipinski definition) is 4. The summed E-state index contributed by atoms with van der Waals surface area (Å²) in [4.78, 5) is 14.7. The van der Waals surface area contributed by atoms with Crippen molar-refractivity contribution in [2.24, 2.45) is 0 Å². The second-order valence-electron chi connectivity index (χ2n) is 7.51. The van der Waals surface area contributed by atoms with Crippen LogP contribution in [0.5, 0.6) is 0 Å². The van der Waals surface area contributed by atoms with Crippen molar-refractivity contribution in [1.29, 1.82) is 0 Å². The van der Waals surface area contributed by atoms with E-state index in [1.807, 2.05) is 57.7 Å². The molecule has 0 N–H and O–H groups in total. The van der Waals surface area contributed by atoms with Crippen LogP contribution in [-0.2, 0) is 14.0 Å². The second-order valence-corrected chi connectivity index (χ2v) is 7.51. The molecule has 0 spiro atoms. The fourth-order valence-electron chi connectivity index (χ4n) is 3.05. The number of nitrogens with zero attached hydrogens (tertiary/aromatic N) is 1. The first-order valence-corrected chi connectivity index (χ1v) is 8.55. The SMILES string of the molecule is Cc1c(B2OC(C)(C)C(C)(C)O2)cccc1C(=O)N1CCOCC1. The molecular weight excluding hydrogens is 305 g/mol. The topological polar surface area (TPSA) is 48.0 Å². The Morgan fingerprint density at radius 1 is 1.08 bits per heavy atom. The first-order valence-electron chi connectivity index (χ1n) is 8.55. The van der Waals surface area contributed by atoms with E-state index in [0.717, 1.165) is 11.0 Å². The first-order chi connectivity index (χ1) is 11.2. The Morgan fingerprint density at radius 3 is 2.25 bits per heavy atom. The molecule has 1 aromatic rings. The maximum absolute atomic E-state index is 12.8. The summed E-state index contributed by atoms with van der Waals surface area (Å²) in [6.07, 6.45) is 0. The first kappa shape index (κ1) is 17.5. The molecule has 130 valence electrons. The molecule has 1 aromatic carbocycles. The van der Waals surface area contributed by atoms with Gasteiger partial charge in [-0.05, 0) is 51.7 Å². The fourth-order valence-corrected chi connectivity index (χ4v) is 3.05. The molecule has 3 rings (SSSR count). The van der Waals surface area contributed by atoms with E-state index in [1.54, 1.807) is 0 Å². The lowest BCUT2D eigenvalue weighted by molar-refractivity contribution is 0.00578. The number of carbonyl (C=O) groups is 1. The van der Waals surface area contributed by atoms with Gasteiger partial charge >= 0.3 is 7.12 Å². The highest BCUT2D eigenvalue weighted by Gasteiger charge is 2.52. The number of carbonyl (C=O) groups excluding carboxylic acids is 1. The van der Waals surface area contributed by atoms with Crippen molar-refractivity contribution in [2.75, 3.05) is 26.3 Å². The van der Waals surface area contributed by atoms with Gasteiger partial charge in [0, 0.05) is 18.7 Å². The number of ether oxygens (including phenoxy) is 1. The molecule has 2 fully saturated rings. The molecule has 2 aliphatic heterocycles. The van der Waals surface area contributed by atoms with Crippen LogP contribution in [0.3, 0.4) is 0 Å². The Bertz CT molecular complexity index is 622. The van der Waals surface area contributed by atoms with Crippen molar-refractivity contribution >= 4 is 18.5 Å². The molecule has 1 amide bonds. The molecule has 0 aliphatic carbocycles. The van der Waals surface area contributed by atoms with E-state index in [4.69, 9.17) is 14.0 Å². The van der Waals surface area contributed by atoms with E-state index < -0.39 is 18.3 Å². The van der Waals surface area contributed by atoms with E-state index in [-0.39, 0.29) is 5.91 Å². The average molecular weight is 331 g/mol. The molecule has 2 heterocycles. The summed E-state index contributed by atoms with van der Waals surface area (Å²) < 4.78 is 17.6. The van der Waals surface area contributed by atoms with Gasteiger partial charge < -0.3 is 18.9 Å². The minimum absolute atomic E-state index is 0.0502. The third kappa shape index (κ3) is 2.98. The van der Waals surface area contributed by atoms with Crippen LogP contribution in [0.1, 0.15) is 43.6 Å². The Labute approximate surface area is 144 Å². The third-order valence-electron chi connectivity index (χ3n) is 5.41. The predicted molar refractivity (Wildman–Crippen MR) is 93.6 cm³/mol. The third-order valence-corrected chi connectivity index (χ3v) is 5.41. The quantitative estimate of drug-likeness (QED) is 0.775. The van der Waals surface area contributed by atoms with Crippen molar-refractivity contribution in [3.05, 3.63) is 29.3 Å². The summed E-state index contributed by atoms with van der Waals surface area (Å²) in [6, 6.07) is 5.76. The number of rotatable bonds is 2. The zero-order valence-corrected chi connectivity index (χ0v) is 15.2. The fraction of sp³-hybridized carbons (Fsp3) is 0.611. The smallest absolute Gasteiger partial charge is 0.399 e. The van der Waals surface area contributed by atoms with Gasteiger partial charge in [-0.1, -0.05) is 12.1 Å². The highest BCUT2D eigenvalue weighted by Crippen LogP contribution is 2.36. The van der Waals surface area contributed by atoms with Crippen molar-refractivity contribution in [2.45, 2.75) is 45.8 Å². The van der Waals surface area contributed by atoms with E-state index in [0.29, 0.717) is 31.9 Å². The molecule has 0 unspecified atom stereocenters. The van der Waals surface area contributed by atoms with Crippen LogP contribution in [-0.4, -0.2) is 55.4 Å². The van der Waals surface area contributed by atoms with Crippen LogP contribution in [0.4, 0.5) is 0 Å². The normalized spacial score (nSPS) is 22.7. The highest BCUT2D eigenvalue weighted by molar-refractivity contribution is 6.62. The van der Waals surface area contributed by atoms with Crippen LogP contribution in [0.25, 0.3) is 0 Å². The maximum Gasteiger partial charge on any atom is 0.495 e. The van der Waals surface area contributed by atoms with Gasteiger partial charge in [-0.25, -0.2) is 0 Å². The molecule has 5 nitrogen and oxygen atoms in total. The molecule has 0 bridgehead atoms. The molecule has 2 saturated heterocycles. The highest BCUT2D eigenvalue weighted by atomic mass is 16.7. The second kappa shape index (κ2) is 6.17. The van der Waals surface area contributed by atoms with Crippen LogP contribution in [0.15, 0.2) is 18.2 Å². The summed E-state index contributed by atoms with van der Waals surface area (Å²) in [5, 5.41) is 0. The lowest BCUT2D eigenvalue weighted by Gasteiger charge is -2.32. The standard InChI is InChI=1S/C18H26BNO4/c1-13-14(16(21)20-9-11-22-12-10-20)7-6-8-15(13)19-23-17(2,3)18(4,5)24-19/h6-8H,9-12H2,1-5H3. The molecule has 0 radical (unpaired) electrons. The van der Waals surface area contributed by atoms with Crippen molar-refractivity contribution in [3.63, 3.8) is 0 Å². The molecule has 0 aromatic heterocycles. The van der Waals surface area contributed by atoms with Gasteiger partial charge in [0.1, 0.15) is 0 Å². The lowest BCUT2D eigenvalue weighted by Crippen LogP contribution is -2.42. The predicted octanol–water partition coefficient (Wildman–Crippen LogP) is 1.77. The van der Waals surface area contributed by atoms with E-state index in [2.05, 4.69) is 0 Å². The van der Waals surface area contributed by atoms with Gasteiger partial charge in [0.05, 0.1) is 24.4 Å². The lowest BCUT2D eigenvalue weighted by atomic mass is 9.75. The van der Waals surface area contributed by atoms with Gasteiger partial charge in [0.15, 0.2) is 0 Å². The molecule has 6 heteroatoms. The van der Waals surface area contributed by atoms with E-state index >= 15 is 0 Å². The van der Waals surface area contributed by atoms with Gasteiger partial charge in [0.2, 0.25) is 0 Å². The number of morpholine rings is 1. The largest absolute Gasteiger partial charge is 0.495 e. The summed E-state index contributed by atoms with van der Waals surface area (Å²) in [5.74, 6) is 0.0502. The zero-order valence-electron chi connectivity index (χ0n) is 15.2. The van der Waals surface area contributed by atoms with Crippen molar-refractivity contribution in [3.8, 4) is 0 Å². The van der Waals surface area contributed by atoms with Crippen molar-refractivity contribution in [1.82, 2.24) is 4.90 Å². The van der Waals surface area contributed by atoms with Gasteiger partial charge in [-0.15, -0.1) is 0 Å². The average Bonchev–Trinajstić information content (AvgIpc) is 2.75. The Balaban J connectivity index is 1.88. The summed E-state index contributed by atoms with van der Waals surface area (Å²) in [6.45, 7) is 12.6. The Kier molecular flexibility index (Phi) is 4.49. The zero-order chi connectivity index (χ0) is 17.5.